The number of benzene rings is 2. The predicted octanol–water partition coefficient (Wildman–Crippen LogP) is 5.55. The van der Waals surface area contributed by atoms with Crippen molar-refractivity contribution in [2.75, 3.05) is 5.32 Å². The van der Waals surface area contributed by atoms with Crippen molar-refractivity contribution in [2.24, 2.45) is 0 Å². The molecule has 0 bridgehead atoms. The average molecular weight is 431 g/mol. The number of hydrogen-bond acceptors (Lipinski definition) is 3. The molecule has 31 heavy (non-hydrogen) atoms. The van der Waals surface area contributed by atoms with Gasteiger partial charge in [-0.3, -0.25) is 4.79 Å². The van der Waals surface area contributed by atoms with Crippen molar-refractivity contribution < 1.29 is 22.4 Å². The highest BCUT2D eigenvalue weighted by molar-refractivity contribution is 5.94. The van der Waals surface area contributed by atoms with Gasteiger partial charge in [-0.1, -0.05) is 18.2 Å². The van der Waals surface area contributed by atoms with E-state index < -0.39 is 17.7 Å². The molecule has 0 spiro atoms. The molecule has 2 atom stereocenters. The van der Waals surface area contributed by atoms with Crippen LogP contribution in [0, 0.1) is 5.82 Å². The molecule has 3 aromatic rings. The van der Waals surface area contributed by atoms with Gasteiger partial charge in [0.15, 0.2) is 0 Å². The molecule has 2 aromatic carbocycles. The second-order valence-corrected chi connectivity index (χ2v) is 7.76. The number of pyridine rings is 1. The van der Waals surface area contributed by atoms with Crippen molar-refractivity contribution in [3.63, 3.8) is 0 Å². The van der Waals surface area contributed by atoms with Gasteiger partial charge in [0.1, 0.15) is 11.5 Å². The molecule has 1 amide bonds. The Balaban J connectivity index is 1.50. The van der Waals surface area contributed by atoms with Crippen molar-refractivity contribution in [3.8, 4) is 0 Å². The molecule has 1 aliphatic carbocycles. The van der Waals surface area contributed by atoms with E-state index >= 15 is 0 Å². The molecule has 0 aliphatic heterocycles. The number of halogens is 4. The lowest BCUT2D eigenvalue weighted by Crippen LogP contribution is -2.41. The Morgan fingerprint density at radius 3 is 2.45 bits per heavy atom. The summed E-state index contributed by atoms with van der Waals surface area (Å²) >= 11 is 0. The van der Waals surface area contributed by atoms with Crippen LogP contribution in [-0.2, 0) is 6.18 Å². The number of carbonyl (C=O) groups is 1. The summed E-state index contributed by atoms with van der Waals surface area (Å²) in [5.41, 5.74) is 0.0855. The van der Waals surface area contributed by atoms with Crippen LogP contribution in [0.5, 0.6) is 0 Å². The molecule has 2 N–H and O–H groups in total. The van der Waals surface area contributed by atoms with E-state index in [2.05, 4.69) is 15.6 Å². The van der Waals surface area contributed by atoms with Crippen LogP contribution < -0.4 is 10.6 Å². The quantitative estimate of drug-likeness (QED) is 0.533. The Bertz CT molecular complexity index is 1080. The number of anilines is 1. The van der Waals surface area contributed by atoms with Gasteiger partial charge >= 0.3 is 6.18 Å². The van der Waals surface area contributed by atoms with E-state index in [1.165, 1.54) is 24.3 Å². The van der Waals surface area contributed by atoms with Crippen LogP contribution in [0.3, 0.4) is 0 Å². The molecule has 4 rings (SSSR count). The van der Waals surface area contributed by atoms with Gasteiger partial charge in [0, 0.05) is 28.7 Å². The summed E-state index contributed by atoms with van der Waals surface area (Å²) in [6.45, 7) is 0. The van der Waals surface area contributed by atoms with Gasteiger partial charge < -0.3 is 10.6 Å². The maximum atomic E-state index is 13.3. The minimum atomic E-state index is -4.54. The lowest BCUT2D eigenvalue weighted by molar-refractivity contribution is -0.140. The summed E-state index contributed by atoms with van der Waals surface area (Å²) in [5, 5.41) is 6.81. The summed E-state index contributed by atoms with van der Waals surface area (Å²) < 4.78 is 53.0. The molecule has 1 fully saturated rings. The molecule has 0 radical (unpaired) electrons. The summed E-state index contributed by atoms with van der Waals surface area (Å²) in [4.78, 5) is 16.2. The number of aromatic nitrogens is 1. The fourth-order valence-electron chi connectivity index (χ4n) is 3.98. The van der Waals surface area contributed by atoms with Gasteiger partial charge in [-0.2, -0.15) is 13.2 Å². The Kier molecular flexibility index (Phi) is 5.80. The third kappa shape index (κ3) is 4.95. The fourth-order valence-corrected chi connectivity index (χ4v) is 3.98. The highest BCUT2D eigenvalue weighted by Gasteiger charge is 2.34. The first-order chi connectivity index (χ1) is 14.8. The standard InChI is InChI=1S/C23H21F4N3O/c24-15-10-8-14(9-11-15)22(31)29-17-5-3-4-16(12-17)28-20-13-21(23(25,26)27)30-19-7-2-1-6-18(19)20/h1-2,6-11,13,16-17H,3-5,12H2,(H,28,30)(H,29,31)/t16-,17+/m0/s1. The number of fused-ring (bicyclic) bond motifs is 1. The molecule has 1 saturated carbocycles. The summed E-state index contributed by atoms with van der Waals surface area (Å²) in [5.74, 6) is -0.708. The number of amides is 1. The number of nitrogens with one attached hydrogen (secondary N) is 2. The van der Waals surface area contributed by atoms with Crippen molar-refractivity contribution in [3.05, 3.63) is 71.7 Å². The molecular weight excluding hydrogens is 410 g/mol. The summed E-state index contributed by atoms with van der Waals surface area (Å²) in [6, 6.07) is 12.8. The number of hydrogen-bond donors (Lipinski definition) is 2. The van der Waals surface area contributed by atoms with Gasteiger partial charge in [-0.25, -0.2) is 9.37 Å². The van der Waals surface area contributed by atoms with Crippen molar-refractivity contribution in [1.82, 2.24) is 10.3 Å². The zero-order valence-electron chi connectivity index (χ0n) is 16.5. The average Bonchev–Trinajstić information content (AvgIpc) is 2.74. The Morgan fingerprint density at radius 1 is 1.00 bits per heavy atom. The summed E-state index contributed by atoms with van der Waals surface area (Å²) in [6.07, 6.45) is -1.60. The first-order valence-corrected chi connectivity index (χ1v) is 10.1. The lowest BCUT2D eigenvalue weighted by Gasteiger charge is -2.31. The lowest BCUT2D eigenvalue weighted by atomic mass is 9.90. The van der Waals surface area contributed by atoms with E-state index in [1.807, 2.05) is 0 Å². The van der Waals surface area contributed by atoms with Crippen LogP contribution in [0.2, 0.25) is 0 Å². The molecule has 0 saturated heterocycles. The van der Waals surface area contributed by atoms with Crippen molar-refractivity contribution >= 4 is 22.5 Å². The van der Waals surface area contributed by atoms with Gasteiger partial charge in [0.05, 0.1) is 5.52 Å². The van der Waals surface area contributed by atoms with Crippen LogP contribution in [0.4, 0.5) is 23.2 Å². The van der Waals surface area contributed by atoms with Gasteiger partial charge in [-0.15, -0.1) is 0 Å². The predicted molar refractivity (Wildman–Crippen MR) is 110 cm³/mol. The molecule has 1 aliphatic rings. The second-order valence-electron chi connectivity index (χ2n) is 7.76. The number of para-hydroxylation sites is 1. The molecule has 162 valence electrons. The van der Waals surface area contributed by atoms with Gasteiger partial charge in [-0.05, 0) is 62.1 Å². The molecule has 0 unspecified atom stereocenters. The number of carbonyl (C=O) groups excluding carboxylic acids is 1. The minimum Gasteiger partial charge on any atom is -0.382 e. The Morgan fingerprint density at radius 2 is 1.71 bits per heavy atom. The van der Waals surface area contributed by atoms with E-state index in [0.717, 1.165) is 25.3 Å². The Labute approximate surface area is 176 Å². The van der Waals surface area contributed by atoms with Crippen LogP contribution in [0.1, 0.15) is 41.7 Å². The van der Waals surface area contributed by atoms with Crippen LogP contribution >= 0.6 is 0 Å². The fraction of sp³-hybridized carbons (Fsp3) is 0.304. The number of rotatable bonds is 4. The smallest absolute Gasteiger partial charge is 0.382 e. The largest absolute Gasteiger partial charge is 0.433 e. The topological polar surface area (TPSA) is 54.0 Å². The highest BCUT2D eigenvalue weighted by atomic mass is 19.4. The maximum absolute atomic E-state index is 13.3. The third-order valence-electron chi connectivity index (χ3n) is 5.48. The van der Waals surface area contributed by atoms with Crippen LogP contribution in [-0.4, -0.2) is 23.0 Å². The zero-order chi connectivity index (χ0) is 22.0. The van der Waals surface area contributed by atoms with Crippen molar-refractivity contribution in [1.29, 1.82) is 0 Å². The normalized spacial score (nSPS) is 19.2. The van der Waals surface area contributed by atoms with Crippen molar-refractivity contribution in [2.45, 2.75) is 43.9 Å². The van der Waals surface area contributed by atoms with Gasteiger partial charge in [0.25, 0.3) is 5.91 Å². The monoisotopic (exact) mass is 431 g/mol. The first-order valence-electron chi connectivity index (χ1n) is 10.1. The summed E-state index contributed by atoms with van der Waals surface area (Å²) in [7, 11) is 0. The molecule has 1 aromatic heterocycles. The molecular formula is C23H21F4N3O. The third-order valence-corrected chi connectivity index (χ3v) is 5.48. The Hall–Kier alpha value is -3.16. The minimum absolute atomic E-state index is 0.0980. The zero-order valence-corrected chi connectivity index (χ0v) is 16.5. The van der Waals surface area contributed by atoms with E-state index in [1.54, 1.807) is 24.3 Å². The molecule has 4 nitrogen and oxygen atoms in total. The molecule has 8 heteroatoms. The number of nitrogens with zero attached hydrogens (tertiary/aromatic N) is 1. The molecule has 1 heterocycles. The van der Waals surface area contributed by atoms with E-state index in [4.69, 9.17) is 0 Å². The van der Waals surface area contributed by atoms with E-state index in [9.17, 15) is 22.4 Å². The highest BCUT2D eigenvalue weighted by Crippen LogP contribution is 2.34. The van der Waals surface area contributed by atoms with Crippen LogP contribution in [0.25, 0.3) is 10.9 Å². The SMILES string of the molecule is O=C(N[C@@H]1CCC[C@H](Nc2cc(C(F)(F)F)nc3ccccc23)C1)c1ccc(F)cc1. The van der Waals surface area contributed by atoms with Gasteiger partial charge in [0.2, 0.25) is 0 Å². The van der Waals surface area contributed by atoms with Crippen LogP contribution in [0.15, 0.2) is 54.6 Å². The second kappa shape index (κ2) is 8.53. The first kappa shape index (κ1) is 21.1. The van der Waals surface area contributed by atoms with E-state index in [-0.39, 0.29) is 23.5 Å². The maximum Gasteiger partial charge on any atom is 0.433 e. The van der Waals surface area contributed by atoms with E-state index in [0.29, 0.717) is 23.1 Å². The number of alkyl halides is 3.